The molecule has 1 amide bonds. The first-order chi connectivity index (χ1) is 14.7. The van der Waals surface area contributed by atoms with E-state index >= 15 is 0 Å². The van der Waals surface area contributed by atoms with Crippen LogP contribution in [0.4, 0.5) is 5.69 Å². The lowest BCUT2D eigenvalue weighted by atomic mass is 10.1. The number of nitrogens with one attached hydrogen (secondary N) is 1. The third kappa shape index (κ3) is 4.88. The smallest absolute Gasteiger partial charge is 0.249 e. The summed E-state index contributed by atoms with van der Waals surface area (Å²) in [4.78, 5) is 13.0. The molecule has 3 aromatic carbocycles. The Kier molecular flexibility index (Phi) is 5.80. The van der Waals surface area contributed by atoms with E-state index in [2.05, 4.69) is 20.8 Å². The predicted octanol–water partition coefficient (Wildman–Crippen LogP) is 4.20. The zero-order valence-electron chi connectivity index (χ0n) is 16.5. The quantitative estimate of drug-likeness (QED) is 0.504. The van der Waals surface area contributed by atoms with E-state index in [-0.39, 0.29) is 5.91 Å². The molecule has 0 fully saturated rings. The van der Waals surface area contributed by atoms with Crippen molar-refractivity contribution in [2.45, 2.75) is 19.4 Å². The van der Waals surface area contributed by atoms with Gasteiger partial charge in [-0.1, -0.05) is 42.5 Å². The van der Waals surface area contributed by atoms with Crippen molar-refractivity contribution in [3.63, 3.8) is 0 Å². The molecule has 0 aliphatic heterocycles. The lowest BCUT2D eigenvalue weighted by Crippen LogP contribution is -2.28. The summed E-state index contributed by atoms with van der Waals surface area (Å²) in [5.74, 6) is 1.27. The van der Waals surface area contributed by atoms with Crippen LogP contribution in [-0.4, -0.2) is 26.1 Å². The number of anilines is 1. The van der Waals surface area contributed by atoms with Gasteiger partial charge in [-0.25, -0.2) is 4.68 Å². The Labute approximate surface area is 174 Å². The number of carbonyl (C=O) groups is 1. The van der Waals surface area contributed by atoms with Crippen LogP contribution in [0.2, 0.25) is 0 Å². The van der Waals surface area contributed by atoms with Gasteiger partial charge in [0.1, 0.15) is 23.9 Å². The summed E-state index contributed by atoms with van der Waals surface area (Å²) >= 11 is 0. The molecule has 4 rings (SSSR count). The molecule has 0 radical (unpaired) electrons. The van der Waals surface area contributed by atoms with E-state index in [0.717, 1.165) is 16.9 Å². The minimum Gasteiger partial charge on any atom is -0.457 e. The van der Waals surface area contributed by atoms with E-state index in [4.69, 9.17) is 4.74 Å². The van der Waals surface area contributed by atoms with Crippen molar-refractivity contribution < 1.29 is 9.53 Å². The van der Waals surface area contributed by atoms with E-state index in [1.807, 2.05) is 85.8 Å². The summed E-state index contributed by atoms with van der Waals surface area (Å²) in [6, 6.07) is 24.3. The predicted molar refractivity (Wildman–Crippen MR) is 113 cm³/mol. The first-order valence-electron chi connectivity index (χ1n) is 9.59. The Hall–Kier alpha value is -4.00. The number of hydrogen-bond donors (Lipinski definition) is 1. The molecule has 1 aromatic heterocycles. The SMILES string of the molecule is Cc1cccc(Oc2ccc(NC(=O)C(Cc3ccccc3)n3cnnn3)cc2)c1. The first kappa shape index (κ1) is 19.3. The molecule has 1 N–H and O–H groups in total. The van der Waals surface area contributed by atoms with Gasteiger partial charge < -0.3 is 10.1 Å². The molecule has 150 valence electrons. The summed E-state index contributed by atoms with van der Waals surface area (Å²) in [5, 5.41) is 14.2. The molecule has 0 aliphatic rings. The second-order valence-corrected chi connectivity index (χ2v) is 6.93. The van der Waals surface area contributed by atoms with Crippen LogP contribution in [0.3, 0.4) is 0 Å². The molecular formula is C23H21N5O2. The highest BCUT2D eigenvalue weighted by Gasteiger charge is 2.22. The van der Waals surface area contributed by atoms with E-state index in [0.29, 0.717) is 17.9 Å². The Bertz CT molecular complexity index is 1100. The largest absolute Gasteiger partial charge is 0.457 e. The average Bonchev–Trinajstić information content (AvgIpc) is 3.29. The minimum absolute atomic E-state index is 0.196. The number of tetrazole rings is 1. The van der Waals surface area contributed by atoms with E-state index in [9.17, 15) is 4.79 Å². The van der Waals surface area contributed by atoms with Gasteiger partial charge in [-0.05, 0) is 64.9 Å². The maximum atomic E-state index is 13.0. The van der Waals surface area contributed by atoms with Crippen molar-refractivity contribution in [2.75, 3.05) is 5.32 Å². The summed E-state index contributed by atoms with van der Waals surface area (Å²) < 4.78 is 7.33. The number of rotatable bonds is 7. The normalized spacial score (nSPS) is 11.6. The molecule has 0 aliphatic carbocycles. The third-order valence-corrected chi connectivity index (χ3v) is 4.61. The zero-order valence-corrected chi connectivity index (χ0v) is 16.5. The number of hydrogen-bond acceptors (Lipinski definition) is 5. The molecule has 7 heteroatoms. The van der Waals surface area contributed by atoms with Crippen LogP contribution in [0.1, 0.15) is 17.2 Å². The molecule has 4 aromatic rings. The maximum Gasteiger partial charge on any atom is 0.249 e. The number of amides is 1. The second kappa shape index (κ2) is 9.00. The zero-order chi connectivity index (χ0) is 20.8. The van der Waals surface area contributed by atoms with Crippen molar-refractivity contribution >= 4 is 11.6 Å². The lowest BCUT2D eigenvalue weighted by Gasteiger charge is -2.16. The molecule has 1 heterocycles. The standard InChI is InChI=1S/C23H21N5O2/c1-17-6-5-9-21(14-17)30-20-12-10-19(11-13-20)25-23(29)22(28-16-24-26-27-28)15-18-7-3-2-4-8-18/h2-14,16,22H,15H2,1H3,(H,25,29). The van der Waals surface area contributed by atoms with Gasteiger partial charge in [0.05, 0.1) is 0 Å². The van der Waals surface area contributed by atoms with E-state index in [1.54, 1.807) is 0 Å². The average molecular weight is 399 g/mol. The van der Waals surface area contributed by atoms with Crippen LogP contribution in [0, 0.1) is 6.92 Å². The number of aromatic nitrogens is 4. The van der Waals surface area contributed by atoms with Gasteiger partial charge in [0.15, 0.2) is 0 Å². The van der Waals surface area contributed by atoms with Crippen molar-refractivity contribution in [2.24, 2.45) is 0 Å². The number of ether oxygens (including phenoxy) is 1. The van der Waals surface area contributed by atoms with Crippen LogP contribution in [0.25, 0.3) is 0 Å². The maximum absolute atomic E-state index is 13.0. The van der Waals surface area contributed by atoms with Crippen molar-refractivity contribution in [3.05, 3.63) is 96.3 Å². The number of aryl methyl sites for hydroxylation is 1. The minimum atomic E-state index is -0.564. The monoisotopic (exact) mass is 399 g/mol. The highest BCUT2D eigenvalue weighted by atomic mass is 16.5. The Balaban J connectivity index is 1.45. The molecule has 0 saturated heterocycles. The van der Waals surface area contributed by atoms with Crippen molar-refractivity contribution in [1.29, 1.82) is 0 Å². The summed E-state index contributed by atoms with van der Waals surface area (Å²) in [6.45, 7) is 2.02. The van der Waals surface area contributed by atoms with E-state index in [1.165, 1.54) is 11.0 Å². The van der Waals surface area contributed by atoms with Gasteiger partial charge in [-0.2, -0.15) is 0 Å². The lowest BCUT2D eigenvalue weighted by molar-refractivity contribution is -0.119. The fraction of sp³-hybridized carbons (Fsp3) is 0.130. The summed E-state index contributed by atoms with van der Waals surface area (Å²) in [6.07, 6.45) is 1.93. The number of nitrogens with zero attached hydrogens (tertiary/aromatic N) is 4. The Morgan fingerprint density at radius 3 is 2.50 bits per heavy atom. The van der Waals surface area contributed by atoms with Crippen LogP contribution >= 0.6 is 0 Å². The number of benzene rings is 3. The Morgan fingerprint density at radius 2 is 1.80 bits per heavy atom. The van der Waals surface area contributed by atoms with Crippen LogP contribution in [0.5, 0.6) is 11.5 Å². The van der Waals surface area contributed by atoms with Gasteiger partial charge >= 0.3 is 0 Å². The molecule has 30 heavy (non-hydrogen) atoms. The van der Waals surface area contributed by atoms with Gasteiger partial charge in [0.2, 0.25) is 5.91 Å². The van der Waals surface area contributed by atoms with Crippen LogP contribution < -0.4 is 10.1 Å². The molecule has 1 unspecified atom stereocenters. The van der Waals surface area contributed by atoms with Crippen LogP contribution in [0.15, 0.2) is 85.2 Å². The van der Waals surface area contributed by atoms with Crippen molar-refractivity contribution in [3.8, 4) is 11.5 Å². The molecular weight excluding hydrogens is 378 g/mol. The molecule has 7 nitrogen and oxygen atoms in total. The van der Waals surface area contributed by atoms with Gasteiger partial charge in [0.25, 0.3) is 0 Å². The van der Waals surface area contributed by atoms with E-state index < -0.39 is 6.04 Å². The third-order valence-electron chi connectivity index (χ3n) is 4.61. The fourth-order valence-corrected chi connectivity index (χ4v) is 3.10. The molecule has 0 saturated carbocycles. The fourth-order valence-electron chi connectivity index (χ4n) is 3.10. The molecule has 0 bridgehead atoms. The second-order valence-electron chi connectivity index (χ2n) is 6.93. The van der Waals surface area contributed by atoms with Gasteiger partial charge in [-0.15, -0.1) is 5.10 Å². The molecule has 1 atom stereocenters. The highest BCUT2D eigenvalue weighted by Crippen LogP contribution is 2.24. The van der Waals surface area contributed by atoms with Gasteiger partial charge in [0, 0.05) is 12.1 Å². The van der Waals surface area contributed by atoms with Crippen LogP contribution in [-0.2, 0) is 11.2 Å². The van der Waals surface area contributed by atoms with Crippen molar-refractivity contribution in [1.82, 2.24) is 20.2 Å². The highest BCUT2D eigenvalue weighted by molar-refractivity contribution is 5.93. The summed E-state index contributed by atoms with van der Waals surface area (Å²) in [7, 11) is 0. The van der Waals surface area contributed by atoms with Gasteiger partial charge in [-0.3, -0.25) is 4.79 Å². The molecule has 0 spiro atoms. The number of carbonyl (C=O) groups excluding carboxylic acids is 1. The topological polar surface area (TPSA) is 81.9 Å². The Morgan fingerprint density at radius 1 is 1.00 bits per heavy atom. The summed E-state index contributed by atoms with van der Waals surface area (Å²) in [5.41, 5.74) is 2.82. The first-order valence-corrected chi connectivity index (χ1v) is 9.59.